The normalized spacial score (nSPS) is 16.2. The van der Waals surface area contributed by atoms with Crippen molar-refractivity contribution in [2.24, 2.45) is 4.99 Å². The number of anilines is 4. The summed E-state index contributed by atoms with van der Waals surface area (Å²) in [6.07, 6.45) is 5.38. The number of rotatable bonds is 26. The largest absolute Gasteiger partial charge is 0.493 e. The lowest BCUT2D eigenvalue weighted by molar-refractivity contribution is -0.118. The van der Waals surface area contributed by atoms with Gasteiger partial charge in [-0.2, -0.15) is 0 Å². The van der Waals surface area contributed by atoms with Crippen LogP contribution in [0.3, 0.4) is 0 Å². The Bertz CT molecular complexity index is 2890. The lowest BCUT2D eigenvalue weighted by atomic mass is 10.1. The number of amides is 2. The zero-order chi connectivity index (χ0) is 52.5. The van der Waals surface area contributed by atoms with Crippen molar-refractivity contribution >= 4 is 73.8 Å². The topological polar surface area (TPSA) is 141 Å². The van der Waals surface area contributed by atoms with E-state index in [1.54, 1.807) is 37.1 Å². The molecule has 0 radical (unpaired) electrons. The van der Waals surface area contributed by atoms with Crippen LogP contribution in [0.2, 0.25) is 0 Å². The number of nitrogens with one attached hydrogen (secondary N) is 1. The number of nitrogens with zero attached hydrogens (tertiary/aromatic N) is 4. The van der Waals surface area contributed by atoms with E-state index in [9.17, 15) is 14.4 Å². The SMILES string of the molecule is CCC(=O)CCCSSC(C)(C)CN(CCOCCOCCOC)c1cc(COc2cc3c(cc2C)C(=O)N2c4ccccc4C[C@H]2CN3)cc(COc2cc3c(cc2OC)C(=O)N2c4ccccc4C[C@H]2C=N3)c1. The molecule has 14 nitrogen and oxygen atoms in total. The second-order valence-electron chi connectivity index (χ2n) is 20.0. The highest BCUT2D eigenvalue weighted by Gasteiger charge is 2.39. The molecule has 0 unspecified atom stereocenters. The molecule has 0 spiro atoms. The highest BCUT2D eigenvalue weighted by molar-refractivity contribution is 8.77. The van der Waals surface area contributed by atoms with Gasteiger partial charge in [-0.05, 0) is 104 Å². The fraction of sp³-hybridized carbons (Fsp3) is 0.424. The van der Waals surface area contributed by atoms with Gasteiger partial charge in [-0.15, -0.1) is 0 Å². The molecular formula is C59H69N5O9S2. The van der Waals surface area contributed by atoms with Crippen LogP contribution in [0.25, 0.3) is 0 Å². The van der Waals surface area contributed by atoms with Gasteiger partial charge in [0.2, 0.25) is 0 Å². The molecule has 9 rings (SSSR count). The van der Waals surface area contributed by atoms with E-state index in [0.717, 1.165) is 63.6 Å². The predicted molar refractivity (Wildman–Crippen MR) is 302 cm³/mol. The van der Waals surface area contributed by atoms with Crippen LogP contribution in [0.5, 0.6) is 17.2 Å². The Balaban J connectivity index is 0.989. The molecular weight excluding hydrogens is 987 g/mol. The first-order valence-corrected chi connectivity index (χ1v) is 28.3. The summed E-state index contributed by atoms with van der Waals surface area (Å²) in [4.78, 5) is 51.4. The molecule has 1 N–H and O–H groups in total. The monoisotopic (exact) mass is 1060 g/mol. The number of carbonyl (C=O) groups is 3. The number of aryl methyl sites for hydroxylation is 1. The minimum absolute atomic E-state index is 0.0126. The standard InChI is InChI=1S/C59H69N5O9S2/c1-7-47(65)15-12-24-74-75-59(3,4)38-62(18-19-70-22-23-71-21-20-68-5)44-27-40(36-72-54-32-50-48(25-39(54)2)57(66)63-45(34-60-50)29-42-13-8-10-16-52(42)63)26-41(28-44)37-73-56-33-51-49(31-55(56)69-6)58(67)64-46(35-61-51)30-43-14-9-11-17-53(43)64/h8-11,13-14,16-17,25-28,31-33,35,45-46,60H,7,12,15,18-24,29-30,34,36-38H2,1-6H3/t45-,46-/m0/s1. The summed E-state index contributed by atoms with van der Waals surface area (Å²) in [7, 11) is 6.87. The van der Waals surface area contributed by atoms with Gasteiger partial charge in [-0.25, -0.2) is 0 Å². The van der Waals surface area contributed by atoms with Crippen LogP contribution in [0.4, 0.5) is 28.4 Å². The predicted octanol–water partition coefficient (Wildman–Crippen LogP) is 10.9. The number of para-hydroxylation sites is 2. The minimum atomic E-state index is -0.198. The zero-order valence-electron chi connectivity index (χ0n) is 44.0. The number of hydrogen-bond donors (Lipinski definition) is 1. The van der Waals surface area contributed by atoms with Gasteiger partial charge in [0.25, 0.3) is 11.8 Å². The molecule has 5 aromatic carbocycles. The maximum Gasteiger partial charge on any atom is 0.261 e. The molecule has 0 bridgehead atoms. The third-order valence-corrected chi connectivity index (χ3v) is 17.3. The van der Waals surface area contributed by atoms with Gasteiger partial charge in [0.05, 0.1) is 74.7 Å². The summed E-state index contributed by atoms with van der Waals surface area (Å²) >= 11 is 0. The number of fused-ring (bicyclic) bond motifs is 8. The third kappa shape index (κ3) is 12.8. The van der Waals surface area contributed by atoms with Gasteiger partial charge in [-0.1, -0.05) is 64.9 Å². The maximum absolute atomic E-state index is 14.2. The van der Waals surface area contributed by atoms with Crippen molar-refractivity contribution in [2.75, 3.05) is 92.7 Å². The highest BCUT2D eigenvalue weighted by atomic mass is 33.1. The van der Waals surface area contributed by atoms with Crippen molar-refractivity contribution in [3.8, 4) is 17.2 Å². The molecule has 0 aromatic heterocycles. The zero-order valence-corrected chi connectivity index (χ0v) is 45.6. The number of ketones is 1. The lowest BCUT2D eigenvalue weighted by Gasteiger charge is -2.34. The molecule has 4 aliphatic heterocycles. The van der Waals surface area contributed by atoms with Gasteiger partial charge in [0, 0.05) is 91.9 Å². The molecule has 0 aliphatic carbocycles. The number of benzene rings is 5. The van der Waals surface area contributed by atoms with E-state index < -0.39 is 0 Å². The van der Waals surface area contributed by atoms with Crippen molar-refractivity contribution in [1.29, 1.82) is 0 Å². The summed E-state index contributed by atoms with van der Waals surface area (Å²) in [6, 6.07) is 29.8. The Kier molecular flexibility index (Phi) is 17.7. The van der Waals surface area contributed by atoms with Crippen LogP contribution in [-0.2, 0) is 45.1 Å². The summed E-state index contributed by atoms with van der Waals surface area (Å²) < 4.78 is 36.1. The number of carbonyl (C=O) groups excluding carboxylic acids is 3. The van der Waals surface area contributed by atoms with Crippen molar-refractivity contribution in [2.45, 2.75) is 89.8 Å². The summed E-state index contributed by atoms with van der Waals surface area (Å²) in [5, 5.41) is 3.58. The van der Waals surface area contributed by atoms with Crippen molar-refractivity contribution in [3.63, 3.8) is 0 Å². The maximum atomic E-state index is 14.2. The van der Waals surface area contributed by atoms with Crippen molar-refractivity contribution in [1.82, 2.24) is 0 Å². The number of methoxy groups -OCH3 is 2. The molecule has 4 heterocycles. The molecule has 0 saturated heterocycles. The molecule has 0 fully saturated rings. The highest BCUT2D eigenvalue weighted by Crippen LogP contribution is 2.43. The number of ether oxygens (including phenoxy) is 6. The Morgan fingerprint density at radius 2 is 1.47 bits per heavy atom. The molecule has 2 amide bonds. The first kappa shape index (κ1) is 53.8. The molecule has 396 valence electrons. The van der Waals surface area contributed by atoms with Crippen LogP contribution in [0, 0.1) is 6.92 Å². The van der Waals surface area contributed by atoms with Gasteiger partial charge in [0.1, 0.15) is 24.7 Å². The van der Waals surface area contributed by atoms with E-state index in [-0.39, 0.29) is 41.9 Å². The van der Waals surface area contributed by atoms with Gasteiger partial charge < -0.3 is 43.5 Å². The molecule has 0 saturated carbocycles. The van der Waals surface area contributed by atoms with E-state index >= 15 is 0 Å². The molecule has 5 aromatic rings. The molecule has 16 heteroatoms. The third-order valence-electron chi connectivity index (χ3n) is 13.9. The van der Waals surface area contributed by atoms with Crippen LogP contribution >= 0.6 is 21.6 Å². The number of aliphatic imine (C=N–C) groups is 1. The van der Waals surface area contributed by atoms with Gasteiger partial charge in [-0.3, -0.25) is 24.3 Å². The fourth-order valence-electron chi connectivity index (χ4n) is 10.2. The lowest BCUT2D eigenvalue weighted by Crippen LogP contribution is -2.39. The van der Waals surface area contributed by atoms with Crippen LogP contribution in [0.1, 0.15) is 88.6 Å². The average Bonchev–Trinajstić information content (AvgIpc) is 3.92. The molecule has 75 heavy (non-hydrogen) atoms. The van der Waals surface area contributed by atoms with Crippen LogP contribution < -0.4 is 34.2 Å². The Hall–Kier alpha value is -6.04. The van der Waals surface area contributed by atoms with E-state index in [1.807, 2.05) is 89.2 Å². The minimum Gasteiger partial charge on any atom is -0.493 e. The van der Waals surface area contributed by atoms with Crippen molar-refractivity contribution in [3.05, 3.63) is 130 Å². The van der Waals surface area contributed by atoms with E-state index in [1.165, 1.54) is 5.56 Å². The summed E-state index contributed by atoms with van der Waals surface area (Å²) in [6.45, 7) is 13.1. The quantitative estimate of drug-likeness (QED) is 0.0415. The van der Waals surface area contributed by atoms with Gasteiger partial charge >= 0.3 is 0 Å². The fourth-order valence-corrected chi connectivity index (χ4v) is 12.7. The van der Waals surface area contributed by atoms with E-state index in [2.05, 4.69) is 54.4 Å². The second-order valence-corrected chi connectivity index (χ2v) is 23.1. The molecule has 2 atom stereocenters. The van der Waals surface area contributed by atoms with Gasteiger partial charge in [0.15, 0.2) is 11.5 Å². The summed E-state index contributed by atoms with van der Waals surface area (Å²) in [5.41, 5.74) is 10.2. The first-order valence-electron chi connectivity index (χ1n) is 26.0. The number of hydrogen-bond acceptors (Lipinski definition) is 14. The first-order chi connectivity index (χ1) is 36.4. The van der Waals surface area contributed by atoms with E-state index in [4.69, 9.17) is 33.4 Å². The number of Topliss-reactive ketones (excluding diaryl/α,β-unsaturated/α-hetero) is 1. The average molecular weight is 1060 g/mol. The van der Waals surface area contributed by atoms with E-state index in [0.29, 0.717) is 112 Å². The van der Waals surface area contributed by atoms with Crippen LogP contribution in [0.15, 0.2) is 96.0 Å². The smallest absolute Gasteiger partial charge is 0.261 e. The van der Waals surface area contributed by atoms with Crippen molar-refractivity contribution < 1.29 is 42.8 Å². The van der Waals surface area contributed by atoms with Crippen LogP contribution in [-0.4, -0.2) is 113 Å². The summed E-state index contributed by atoms with van der Waals surface area (Å²) in [5.74, 6) is 2.61. The Labute approximate surface area is 449 Å². The Morgan fingerprint density at radius 3 is 2.20 bits per heavy atom. The Morgan fingerprint density at radius 1 is 0.787 bits per heavy atom. The second kappa shape index (κ2) is 24.7. The molecule has 4 aliphatic rings.